The molecule has 0 fully saturated rings. The first-order chi connectivity index (χ1) is 8.20. The van der Waals surface area contributed by atoms with Crippen molar-refractivity contribution in [2.24, 2.45) is 0 Å². The number of hydrogen-bond acceptors (Lipinski definition) is 2. The molecule has 1 amide bonds. The van der Waals surface area contributed by atoms with Crippen LogP contribution < -0.4 is 5.32 Å². The second-order valence-corrected chi connectivity index (χ2v) is 4.39. The Labute approximate surface area is 106 Å². The molecule has 3 heteroatoms. The summed E-state index contributed by atoms with van der Waals surface area (Å²) in [6.45, 7) is 5.53. The van der Waals surface area contributed by atoms with Crippen LogP contribution in [0, 0.1) is 0 Å². The number of ether oxygens (including phenoxy) is 1. The number of nitrogens with one attached hydrogen (secondary N) is 1. The van der Waals surface area contributed by atoms with Gasteiger partial charge in [0.1, 0.15) is 6.23 Å². The molecule has 0 aliphatic rings. The van der Waals surface area contributed by atoms with E-state index in [-0.39, 0.29) is 12.1 Å². The number of methoxy groups -OCH3 is 1. The van der Waals surface area contributed by atoms with Crippen LogP contribution in [-0.4, -0.2) is 19.2 Å². The van der Waals surface area contributed by atoms with Gasteiger partial charge in [-0.1, -0.05) is 31.8 Å². The maximum absolute atomic E-state index is 11.4. The van der Waals surface area contributed by atoms with Crippen LogP contribution in [0.3, 0.4) is 0 Å². The van der Waals surface area contributed by atoms with Gasteiger partial charge in [-0.05, 0) is 26.2 Å². The third-order valence-corrected chi connectivity index (χ3v) is 2.78. The van der Waals surface area contributed by atoms with Crippen molar-refractivity contribution in [3.8, 4) is 0 Å². The normalized spacial score (nSPS) is 12.1. The number of amides is 1. The van der Waals surface area contributed by atoms with Crippen LogP contribution in [0.2, 0.25) is 0 Å². The Balaban J connectivity index is 3.22. The predicted molar refractivity (Wildman–Crippen MR) is 71.7 cm³/mol. The van der Waals surface area contributed by atoms with Gasteiger partial charge in [0.25, 0.3) is 0 Å². The SMILES string of the molecule is C=CCCCCCCCCC(=O)NC(C)OC. The lowest BCUT2D eigenvalue weighted by Gasteiger charge is -2.11. The molecule has 0 aliphatic carbocycles. The highest BCUT2D eigenvalue weighted by molar-refractivity contribution is 5.75. The van der Waals surface area contributed by atoms with Crippen LogP contribution in [0.15, 0.2) is 12.7 Å². The van der Waals surface area contributed by atoms with Crippen molar-refractivity contribution >= 4 is 5.91 Å². The van der Waals surface area contributed by atoms with Gasteiger partial charge in [-0.25, -0.2) is 0 Å². The predicted octanol–water partition coefficient (Wildman–Crippen LogP) is 3.40. The van der Waals surface area contributed by atoms with Crippen LogP contribution >= 0.6 is 0 Å². The third-order valence-electron chi connectivity index (χ3n) is 2.78. The van der Waals surface area contributed by atoms with Crippen LogP contribution in [0.5, 0.6) is 0 Å². The Hall–Kier alpha value is -0.830. The molecule has 0 saturated heterocycles. The minimum Gasteiger partial charge on any atom is -0.362 e. The van der Waals surface area contributed by atoms with E-state index in [1.807, 2.05) is 13.0 Å². The molecule has 0 spiro atoms. The molecule has 0 aromatic rings. The lowest BCUT2D eigenvalue weighted by atomic mass is 10.1. The van der Waals surface area contributed by atoms with Crippen molar-refractivity contribution in [2.45, 2.75) is 64.5 Å². The van der Waals surface area contributed by atoms with Gasteiger partial charge < -0.3 is 10.1 Å². The first-order valence-electron chi connectivity index (χ1n) is 6.63. The highest BCUT2D eigenvalue weighted by atomic mass is 16.5. The fraction of sp³-hybridized carbons (Fsp3) is 0.786. The summed E-state index contributed by atoms with van der Waals surface area (Å²) < 4.78 is 4.96. The summed E-state index contributed by atoms with van der Waals surface area (Å²) in [6.07, 6.45) is 10.7. The number of rotatable bonds is 11. The van der Waals surface area contributed by atoms with Crippen molar-refractivity contribution in [2.75, 3.05) is 7.11 Å². The van der Waals surface area contributed by atoms with Crippen LogP contribution in [0.4, 0.5) is 0 Å². The summed E-state index contributed by atoms with van der Waals surface area (Å²) in [7, 11) is 1.59. The highest BCUT2D eigenvalue weighted by Gasteiger charge is 2.04. The van der Waals surface area contributed by atoms with Crippen molar-refractivity contribution in [3.05, 3.63) is 12.7 Å². The van der Waals surface area contributed by atoms with Gasteiger partial charge in [-0.2, -0.15) is 0 Å². The molecule has 0 radical (unpaired) electrons. The highest BCUT2D eigenvalue weighted by Crippen LogP contribution is 2.08. The molecular weight excluding hydrogens is 214 g/mol. The van der Waals surface area contributed by atoms with E-state index < -0.39 is 0 Å². The van der Waals surface area contributed by atoms with Crippen LogP contribution in [0.25, 0.3) is 0 Å². The van der Waals surface area contributed by atoms with E-state index in [1.165, 1.54) is 25.7 Å². The van der Waals surface area contributed by atoms with E-state index in [0.29, 0.717) is 6.42 Å². The lowest BCUT2D eigenvalue weighted by molar-refractivity contribution is -0.124. The second kappa shape index (κ2) is 11.6. The topological polar surface area (TPSA) is 38.3 Å². The number of carbonyl (C=O) groups is 1. The Morgan fingerprint density at radius 1 is 1.24 bits per heavy atom. The first-order valence-corrected chi connectivity index (χ1v) is 6.63. The van der Waals surface area contributed by atoms with Gasteiger partial charge in [-0.3, -0.25) is 4.79 Å². The first kappa shape index (κ1) is 16.2. The van der Waals surface area contributed by atoms with Gasteiger partial charge >= 0.3 is 0 Å². The summed E-state index contributed by atoms with van der Waals surface area (Å²) in [5, 5.41) is 2.78. The fourth-order valence-electron chi connectivity index (χ4n) is 1.64. The van der Waals surface area contributed by atoms with Gasteiger partial charge in [0.05, 0.1) is 0 Å². The van der Waals surface area contributed by atoms with Crippen LogP contribution in [0.1, 0.15) is 58.3 Å². The maximum Gasteiger partial charge on any atom is 0.221 e. The Morgan fingerprint density at radius 2 is 1.82 bits per heavy atom. The molecule has 0 aromatic heterocycles. The van der Waals surface area contributed by atoms with Crippen molar-refractivity contribution in [1.29, 1.82) is 0 Å². The molecule has 100 valence electrons. The lowest BCUT2D eigenvalue weighted by Crippen LogP contribution is -2.33. The molecule has 0 rings (SSSR count). The third kappa shape index (κ3) is 11.4. The number of allylic oxidation sites excluding steroid dienone is 1. The Kier molecular flexibility index (Phi) is 11.1. The zero-order valence-electron chi connectivity index (χ0n) is 11.3. The van der Waals surface area contributed by atoms with E-state index in [2.05, 4.69) is 11.9 Å². The van der Waals surface area contributed by atoms with E-state index in [4.69, 9.17) is 4.74 Å². The number of hydrogen-bond donors (Lipinski definition) is 1. The average molecular weight is 241 g/mol. The van der Waals surface area contributed by atoms with Crippen molar-refractivity contribution < 1.29 is 9.53 Å². The van der Waals surface area contributed by atoms with E-state index in [0.717, 1.165) is 19.3 Å². The zero-order chi connectivity index (χ0) is 12.9. The largest absolute Gasteiger partial charge is 0.362 e. The van der Waals surface area contributed by atoms with Crippen LogP contribution in [-0.2, 0) is 9.53 Å². The quantitative estimate of drug-likeness (QED) is 0.342. The van der Waals surface area contributed by atoms with Gasteiger partial charge in [0, 0.05) is 13.5 Å². The minimum absolute atomic E-state index is 0.0889. The standard InChI is InChI=1S/C14H27NO2/c1-4-5-6-7-8-9-10-11-12-14(16)15-13(2)17-3/h4,13H,1,5-12H2,2-3H3,(H,15,16). The molecule has 1 atom stereocenters. The molecule has 1 unspecified atom stereocenters. The molecule has 0 heterocycles. The minimum atomic E-state index is -0.179. The van der Waals surface area contributed by atoms with E-state index >= 15 is 0 Å². The molecule has 0 bridgehead atoms. The summed E-state index contributed by atoms with van der Waals surface area (Å²) in [5.74, 6) is 0.0889. The molecule has 0 saturated carbocycles. The van der Waals surface area contributed by atoms with E-state index in [1.54, 1.807) is 7.11 Å². The Bertz CT molecular complexity index is 204. The molecule has 1 N–H and O–H groups in total. The number of unbranched alkanes of at least 4 members (excludes halogenated alkanes) is 6. The summed E-state index contributed by atoms with van der Waals surface area (Å²) in [4.78, 5) is 11.4. The molecule has 17 heavy (non-hydrogen) atoms. The second-order valence-electron chi connectivity index (χ2n) is 4.39. The summed E-state index contributed by atoms with van der Waals surface area (Å²) in [5.41, 5.74) is 0. The fourth-order valence-corrected chi connectivity index (χ4v) is 1.64. The zero-order valence-corrected chi connectivity index (χ0v) is 11.3. The van der Waals surface area contributed by atoms with Gasteiger partial charge in [0.2, 0.25) is 5.91 Å². The molecule has 0 aliphatic heterocycles. The summed E-state index contributed by atoms with van der Waals surface area (Å²) in [6, 6.07) is 0. The molecule has 3 nitrogen and oxygen atoms in total. The average Bonchev–Trinajstić information content (AvgIpc) is 2.32. The molecular formula is C14H27NO2. The van der Waals surface area contributed by atoms with E-state index in [9.17, 15) is 4.79 Å². The number of carbonyl (C=O) groups excluding carboxylic acids is 1. The van der Waals surface area contributed by atoms with Crippen molar-refractivity contribution in [1.82, 2.24) is 5.32 Å². The smallest absolute Gasteiger partial charge is 0.221 e. The summed E-state index contributed by atoms with van der Waals surface area (Å²) >= 11 is 0. The maximum atomic E-state index is 11.4. The Morgan fingerprint density at radius 3 is 2.41 bits per heavy atom. The monoisotopic (exact) mass is 241 g/mol. The van der Waals surface area contributed by atoms with Gasteiger partial charge in [0.15, 0.2) is 0 Å². The van der Waals surface area contributed by atoms with Gasteiger partial charge in [-0.15, -0.1) is 6.58 Å². The molecule has 0 aromatic carbocycles. The van der Waals surface area contributed by atoms with Crippen molar-refractivity contribution in [3.63, 3.8) is 0 Å².